The SMILES string of the molecule is C(P(c1ccccc1)c1ccccc1)#P(c1ccccc1)c1ccccc1. The third kappa shape index (κ3) is 4.39. The minimum absolute atomic E-state index is 0.659. The first-order valence-electron chi connectivity index (χ1n) is 8.98. The van der Waals surface area contributed by atoms with Crippen LogP contribution in [0.3, 0.4) is 0 Å². The van der Waals surface area contributed by atoms with Crippen LogP contribution in [0.4, 0.5) is 0 Å². The molecule has 0 nitrogen and oxygen atoms in total. The largest absolute Gasteiger partial charge is 0.0845 e. The van der Waals surface area contributed by atoms with Gasteiger partial charge in [0.15, 0.2) is 0 Å². The molecule has 4 aromatic rings. The maximum Gasteiger partial charge on any atom is 0.0305 e. The van der Waals surface area contributed by atoms with Crippen LogP contribution >= 0.6 is 15.3 Å². The van der Waals surface area contributed by atoms with Crippen LogP contribution in [-0.4, -0.2) is 0 Å². The lowest BCUT2D eigenvalue weighted by Crippen LogP contribution is -2.11. The van der Waals surface area contributed by atoms with Crippen molar-refractivity contribution >= 4 is 36.5 Å². The van der Waals surface area contributed by atoms with Crippen molar-refractivity contribution in [3.8, 4) is 5.37 Å². The molecule has 0 radical (unpaired) electrons. The molecule has 0 heterocycles. The fourth-order valence-corrected chi connectivity index (χ4v) is 8.06. The van der Waals surface area contributed by atoms with E-state index in [-0.39, 0.29) is 0 Å². The van der Waals surface area contributed by atoms with E-state index in [2.05, 4.69) is 127 Å². The van der Waals surface area contributed by atoms with Crippen LogP contribution in [0.25, 0.3) is 0 Å². The highest BCUT2D eigenvalue weighted by Crippen LogP contribution is 2.37. The molecule has 0 amide bonds. The van der Waals surface area contributed by atoms with Gasteiger partial charge in [0.05, 0.1) is 0 Å². The summed E-state index contributed by atoms with van der Waals surface area (Å²) in [7, 11) is -1.32. The van der Waals surface area contributed by atoms with Crippen LogP contribution in [0.5, 0.6) is 0 Å². The average Bonchev–Trinajstić information content (AvgIpc) is 2.77. The Morgan fingerprint density at radius 2 is 0.667 bits per heavy atom. The van der Waals surface area contributed by atoms with E-state index in [0.29, 0.717) is 0 Å². The van der Waals surface area contributed by atoms with Crippen molar-refractivity contribution in [1.82, 2.24) is 0 Å². The zero-order valence-electron chi connectivity index (χ0n) is 14.9. The highest BCUT2D eigenvalue weighted by atomic mass is 31.1. The molecule has 0 bridgehead atoms. The normalized spacial score (nSPS) is 10.4. The Morgan fingerprint density at radius 1 is 0.370 bits per heavy atom. The second-order valence-corrected chi connectivity index (χ2v) is 10.3. The molecular formula is C25H20P2. The van der Waals surface area contributed by atoms with Gasteiger partial charge in [-0.1, -0.05) is 127 Å². The zero-order valence-corrected chi connectivity index (χ0v) is 16.7. The third-order valence-corrected chi connectivity index (χ3v) is 9.12. The highest BCUT2D eigenvalue weighted by Gasteiger charge is 2.12. The molecule has 0 saturated heterocycles. The summed E-state index contributed by atoms with van der Waals surface area (Å²) in [6.07, 6.45) is 0. The maximum absolute atomic E-state index is 4.05. The van der Waals surface area contributed by atoms with Gasteiger partial charge in [0.25, 0.3) is 0 Å². The van der Waals surface area contributed by atoms with Crippen molar-refractivity contribution in [2.24, 2.45) is 0 Å². The molecule has 0 aromatic heterocycles. The van der Waals surface area contributed by atoms with Crippen LogP contribution in [0.2, 0.25) is 0 Å². The van der Waals surface area contributed by atoms with E-state index in [4.69, 9.17) is 0 Å². The molecule has 0 spiro atoms. The Hall–Kier alpha value is -2.61. The van der Waals surface area contributed by atoms with Gasteiger partial charge in [-0.25, -0.2) is 0 Å². The van der Waals surface area contributed by atoms with Crippen LogP contribution in [0.1, 0.15) is 0 Å². The molecule has 2 heteroatoms. The molecule has 0 N–H and O–H groups in total. The van der Waals surface area contributed by atoms with Crippen molar-refractivity contribution in [3.05, 3.63) is 121 Å². The summed E-state index contributed by atoms with van der Waals surface area (Å²) in [4.78, 5) is 0. The summed E-state index contributed by atoms with van der Waals surface area (Å²) in [6.45, 7) is 0. The van der Waals surface area contributed by atoms with Crippen molar-refractivity contribution in [3.63, 3.8) is 0 Å². The smallest absolute Gasteiger partial charge is 0.0305 e. The van der Waals surface area contributed by atoms with Gasteiger partial charge in [0.2, 0.25) is 0 Å². The second-order valence-electron chi connectivity index (χ2n) is 6.11. The minimum atomic E-state index is -0.659. The second kappa shape index (κ2) is 8.85. The van der Waals surface area contributed by atoms with Crippen LogP contribution in [0, 0.1) is 5.37 Å². The molecule has 0 aliphatic rings. The van der Waals surface area contributed by atoms with Crippen molar-refractivity contribution in [1.29, 1.82) is 0 Å². The Morgan fingerprint density at radius 3 is 1.00 bits per heavy atom. The molecule has 4 rings (SSSR count). The van der Waals surface area contributed by atoms with E-state index in [1.54, 1.807) is 0 Å². The Labute approximate surface area is 163 Å². The summed E-state index contributed by atoms with van der Waals surface area (Å²) >= 11 is 0. The zero-order chi connectivity index (χ0) is 18.3. The Kier molecular flexibility index (Phi) is 5.83. The quantitative estimate of drug-likeness (QED) is 0.420. The molecule has 130 valence electrons. The van der Waals surface area contributed by atoms with Gasteiger partial charge < -0.3 is 0 Å². The van der Waals surface area contributed by atoms with E-state index < -0.39 is 15.3 Å². The van der Waals surface area contributed by atoms with E-state index in [0.717, 1.165) is 0 Å². The van der Waals surface area contributed by atoms with E-state index >= 15 is 0 Å². The van der Waals surface area contributed by atoms with Crippen molar-refractivity contribution in [2.75, 3.05) is 0 Å². The predicted molar refractivity (Wildman–Crippen MR) is 122 cm³/mol. The molecule has 0 fully saturated rings. The van der Waals surface area contributed by atoms with Crippen molar-refractivity contribution < 1.29 is 0 Å². The van der Waals surface area contributed by atoms with E-state index in [1.165, 1.54) is 21.2 Å². The van der Waals surface area contributed by atoms with Gasteiger partial charge in [-0.2, -0.15) is 0 Å². The topological polar surface area (TPSA) is 0 Å². The van der Waals surface area contributed by atoms with Crippen LogP contribution in [-0.2, 0) is 0 Å². The molecule has 0 atom stereocenters. The monoisotopic (exact) mass is 382 g/mol. The highest BCUT2D eigenvalue weighted by molar-refractivity contribution is 7.84. The third-order valence-electron chi connectivity index (χ3n) is 4.26. The molecule has 0 unspecified atom stereocenters. The fourth-order valence-electron chi connectivity index (χ4n) is 2.94. The molecule has 0 aliphatic carbocycles. The lowest BCUT2D eigenvalue weighted by atomic mass is 10.4. The predicted octanol–water partition coefficient (Wildman–Crippen LogP) is 5.17. The van der Waals surface area contributed by atoms with Crippen LogP contribution < -0.4 is 21.2 Å². The lowest BCUT2D eigenvalue weighted by molar-refractivity contribution is 1.75. The van der Waals surface area contributed by atoms with Gasteiger partial charge in [-0.05, 0) is 18.0 Å². The first-order valence-corrected chi connectivity index (χ1v) is 11.7. The fraction of sp³-hybridized carbons (Fsp3) is 0. The van der Waals surface area contributed by atoms with Crippen molar-refractivity contribution in [2.45, 2.75) is 0 Å². The summed E-state index contributed by atoms with van der Waals surface area (Å²) in [6, 6.07) is 43.2. The Balaban J connectivity index is 1.94. The number of benzene rings is 4. The van der Waals surface area contributed by atoms with Gasteiger partial charge in [0, 0.05) is 18.5 Å². The standard InChI is InChI=1S/C25H20P2/c1-5-13-22(14-6-1)26(23-15-7-2-8-16-23)21-27(24-17-9-3-10-18-24)25-19-11-4-12-20-25/h1-20H. The molecule has 27 heavy (non-hydrogen) atoms. The van der Waals surface area contributed by atoms with Gasteiger partial charge >= 0.3 is 0 Å². The summed E-state index contributed by atoms with van der Waals surface area (Å²) in [5, 5.41) is 9.43. The summed E-state index contributed by atoms with van der Waals surface area (Å²) in [5.74, 6) is 0. The lowest BCUT2D eigenvalue weighted by Gasteiger charge is -2.14. The average molecular weight is 382 g/mol. The first-order chi connectivity index (χ1) is 13.4. The minimum Gasteiger partial charge on any atom is -0.0845 e. The molecule has 4 aromatic carbocycles. The molecular weight excluding hydrogens is 362 g/mol. The first kappa shape index (κ1) is 17.8. The number of rotatable bonds is 2. The number of hydrogen-bond donors (Lipinski definition) is 0. The van der Waals surface area contributed by atoms with E-state index in [1.807, 2.05) is 0 Å². The van der Waals surface area contributed by atoms with Crippen LogP contribution in [0.15, 0.2) is 121 Å². The summed E-state index contributed by atoms with van der Waals surface area (Å²) in [5.41, 5.74) is 0. The summed E-state index contributed by atoms with van der Waals surface area (Å²) < 4.78 is 0. The molecule has 0 aliphatic heterocycles. The van der Waals surface area contributed by atoms with Gasteiger partial charge in [-0.15, -0.1) is 0 Å². The molecule has 0 saturated carbocycles. The van der Waals surface area contributed by atoms with E-state index in [9.17, 15) is 0 Å². The Bertz CT molecular complexity index is 978. The van der Waals surface area contributed by atoms with Gasteiger partial charge in [-0.3, -0.25) is 0 Å². The van der Waals surface area contributed by atoms with Gasteiger partial charge in [0.1, 0.15) is 0 Å². The maximum atomic E-state index is 4.05. The number of hydrogen-bond acceptors (Lipinski definition) is 0.